The molecule has 0 fully saturated rings. The van der Waals surface area contributed by atoms with Gasteiger partial charge in [-0.1, -0.05) is 12.1 Å². The maximum Gasteiger partial charge on any atom is 0.258 e. The van der Waals surface area contributed by atoms with Crippen molar-refractivity contribution in [2.24, 2.45) is 0 Å². The van der Waals surface area contributed by atoms with Crippen molar-refractivity contribution in [1.29, 1.82) is 0 Å². The highest BCUT2D eigenvalue weighted by molar-refractivity contribution is 5.97. The van der Waals surface area contributed by atoms with Gasteiger partial charge in [0, 0.05) is 31.3 Å². The number of hydrogen-bond donors (Lipinski definition) is 3. The summed E-state index contributed by atoms with van der Waals surface area (Å²) in [7, 11) is 1.53. The zero-order chi connectivity index (χ0) is 17.7. The third kappa shape index (κ3) is 4.07. The van der Waals surface area contributed by atoms with E-state index in [1.807, 2.05) is 0 Å². The Hall–Kier alpha value is -2.96. The van der Waals surface area contributed by atoms with Crippen molar-refractivity contribution in [1.82, 2.24) is 10.6 Å². The van der Waals surface area contributed by atoms with Crippen LogP contribution in [0.1, 0.15) is 26.3 Å². The monoisotopic (exact) mass is 334 g/mol. The summed E-state index contributed by atoms with van der Waals surface area (Å²) in [5.74, 6) is -3.92. The largest absolute Gasteiger partial charge is 0.507 e. The van der Waals surface area contributed by atoms with E-state index in [0.717, 1.165) is 5.56 Å². The van der Waals surface area contributed by atoms with Crippen molar-refractivity contribution >= 4 is 11.8 Å². The second-order valence-electron chi connectivity index (χ2n) is 5.07. The Kier molecular flexibility index (Phi) is 5.47. The average molecular weight is 334 g/mol. The first kappa shape index (κ1) is 17.4. The lowest BCUT2D eigenvalue weighted by Crippen LogP contribution is -2.27. The van der Waals surface area contributed by atoms with Crippen molar-refractivity contribution < 1.29 is 23.5 Å². The number of nitrogens with one attached hydrogen (secondary N) is 2. The molecule has 0 saturated heterocycles. The zero-order valence-electron chi connectivity index (χ0n) is 12.9. The second-order valence-corrected chi connectivity index (χ2v) is 5.07. The standard InChI is InChI=1S/C17H16F2N2O3/c1-20-16(23)11-4-2-3-10(7-11)5-6-21-17(24)15-13(19)8-12(18)9-14(15)22/h2-4,7-9,22H,5-6H2,1H3,(H,20,23)(H,21,24). The summed E-state index contributed by atoms with van der Waals surface area (Å²) in [4.78, 5) is 23.5. The predicted octanol–water partition coefficient (Wildman–Crippen LogP) is 2.00. The van der Waals surface area contributed by atoms with Crippen LogP contribution in [0, 0.1) is 11.6 Å². The summed E-state index contributed by atoms with van der Waals surface area (Å²) in [6.07, 6.45) is 0.403. The first-order chi connectivity index (χ1) is 11.4. The van der Waals surface area contributed by atoms with E-state index < -0.39 is 28.9 Å². The van der Waals surface area contributed by atoms with Gasteiger partial charge in [0.05, 0.1) is 0 Å². The van der Waals surface area contributed by atoms with E-state index in [-0.39, 0.29) is 12.5 Å². The van der Waals surface area contributed by atoms with Crippen LogP contribution in [0.3, 0.4) is 0 Å². The molecule has 0 atom stereocenters. The Morgan fingerprint density at radius 1 is 1.12 bits per heavy atom. The zero-order valence-corrected chi connectivity index (χ0v) is 12.9. The van der Waals surface area contributed by atoms with Gasteiger partial charge in [-0.3, -0.25) is 9.59 Å². The number of halogens is 2. The Balaban J connectivity index is 2.00. The van der Waals surface area contributed by atoms with Crippen molar-refractivity contribution in [3.05, 3.63) is 64.7 Å². The molecule has 0 aliphatic heterocycles. The molecule has 0 saturated carbocycles. The fourth-order valence-corrected chi connectivity index (χ4v) is 2.21. The van der Waals surface area contributed by atoms with Crippen LogP contribution in [0.4, 0.5) is 8.78 Å². The van der Waals surface area contributed by atoms with Crippen LogP contribution >= 0.6 is 0 Å². The van der Waals surface area contributed by atoms with Gasteiger partial charge in [-0.05, 0) is 24.1 Å². The quantitative estimate of drug-likeness (QED) is 0.783. The van der Waals surface area contributed by atoms with E-state index in [0.29, 0.717) is 24.1 Å². The molecule has 2 aromatic carbocycles. The molecule has 126 valence electrons. The van der Waals surface area contributed by atoms with Crippen molar-refractivity contribution in [3.63, 3.8) is 0 Å². The lowest BCUT2D eigenvalue weighted by molar-refractivity contribution is 0.0942. The normalized spacial score (nSPS) is 10.3. The number of hydrogen-bond acceptors (Lipinski definition) is 3. The third-order valence-corrected chi connectivity index (χ3v) is 3.38. The SMILES string of the molecule is CNC(=O)c1cccc(CCNC(=O)c2c(O)cc(F)cc2F)c1. The second kappa shape index (κ2) is 7.54. The number of amides is 2. The molecule has 0 unspecified atom stereocenters. The molecular weight excluding hydrogens is 318 g/mol. The lowest BCUT2D eigenvalue weighted by atomic mass is 10.1. The number of phenols is 1. The van der Waals surface area contributed by atoms with Gasteiger partial charge in [0.25, 0.3) is 11.8 Å². The Morgan fingerprint density at radius 3 is 2.54 bits per heavy atom. The first-order valence-electron chi connectivity index (χ1n) is 7.19. The summed E-state index contributed by atoms with van der Waals surface area (Å²) in [6.45, 7) is 0.159. The molecule has 24 heavy (non-hydrogen) atoms. The molecule has 3 N–H and O–H groups in total. The maximum absolute atomic E-state index is 13.6. The Labute approximate surface area is 137 Å². The Bertz CT molecular complexity index is 755. The summed E-state index contributed by atoms with van der Waals surface area (Å²) in [6, 6.07) is 8.04. The highest BCUT2D eigenvalue weighted by atomic mass is 19.1. The topological polar surface area (TPSA) is 78.4 Å². The summed E-state index contributed by atoms with van der Waals surface area (Å²) in [5, 5.41) is 14.5. The predicted molar refractivity (Wildman–Crippen MR) is 83.9 cm³/mol. The van der Waals surface area contributed by atoms with Crippen molar-refractivity contribution in [2.75, 3.05) is 13.6 Å². The molecule has 0 radical (unpaired) electrons. The Morgan fingerprint density at radius 2 is 1.88 bits per heavy atom. The lowest BCUT2D eigenvalue weighted by Gasteiger charge is -2.09. The number of rotatable bonds is 5. The fraction of sp³-hybridized carbons (Fsp3) is 0.176. The van der Waals surface area contributed by atoms with Gasteiger partial charge in [-0.15, -0.1) is 0 Å². The van der Waals surface area contributed by atoms with E-state index in [4.69, 9.17) is 0 Å². The van der Waals surface area contributed by atoms with Crippen LogP contribution in [0.15, 0.2) is 36.4 Å². The number of benzene rings is 2. The van der Waals surface area contributed by atoms with Crippen LogP contribution < -0.4 is 10.6 Å². The molecular formula is C17H16F2N2O3. The van der Waals surface area contributed by atoms with Gasteiger partial charge in [-0.2, -0.15) is 0 Å². The van der Waals surface area contributed by atoms with E-state index >= 15 is 0 Å². The summed E-state index contributed by atoms with van der Waals surface area (Å²) >= 11 is 0. The number of carbonyl (C=O) groups excluding carboxylic acids is 2. The minimum Gasteiger partial charge on any atom is -0.507 e. The van der Waals surface area contributed by atoms with Crippen molar-refractivity contribution in [3.8, 4) is 5.75 Å². The molecule has 0 aliphatic carbocycles. The van der Waals surface area contributed by atoms with Gasteiger partial charge < -0.3 is 15.7 Å². The molecule has 0 bridgehead atoms. The van der Waals surface area contributed by atoms with Crippen molar-refractivity contribution in [2.45, 2.75) is 6.42 Å². The van der Waals surface area contributed by atoms with Gasteiger partial charge in [-0.25, -0.2) is 8.78 Å². The van der Waals surface area contributed by atoms with Crippen LogP contribution in [0.5, 0.6) is 5.75 Å². The molecule has 0 aliphatic rings. The fourth-order valence-electron chi connectivity index (χ4n) is 2.21. The highest BCUT2D eigenvalue weighted by Crippen LogP contribution is 2.21. The van der Waals surface area contributed by atoms with Gasteiger partial charge >= 0.3 is 0 Å². The molecule has 2 aromatic rings. The van der Waals surface area contributed by atoms with E-state index in [9.17, 15) is 23.5 Å². The number of phenolic OH excluding ortho intramolecular Hbond substituents is 1. The van der Waals surface area contributed by atoms with Gasteiger partial charge in [0.1, 0.15) is 22.9 Å². The van der Waals surface area contributed by atoms with E-state index in [1.54, 1.807) is 24.3 Å². The van der Waals surface area contributed by atoms with E-state index in [1.165, 1.54) is 7.05 Å². The molecule has 0 aromatic heterocycles. The maximum atomic E-state index is 13.6. The minimum absolute atomic E-state index is 0.159. The van der Waals surface area contributed by atoms with Crippen LogP contribution in [0.2, 0.25) is 0 Å². The average Bonchev–Trinajstić information content (AvgIpc) is 2.53. The molecule has 7 heteroatoms. The highest BCUT2D eigenvalue weighted by Gasteiger charge is 2.18. The first-order valence-corrected chi connectivity index (χ1v) is 7.19. The van der Waals surface area contributed by atoms with Crippen LogP contribution in [-0.2, 0) is 6.42 Å². The molecule has 2 amide bonds. The number of carbonyl (C=O) groups is 2. The van der Waals surface area contributed by atoms with Crippen LogP contribution in [0.25, 0.3) is 0 Å². The molecule has 5 nitrogen and oxygen atoms in total. The van der Waals surface area contributed by atoms with E-state index in [2.05, 4.69) is 10.6 Å². The smallest absolute Gasteiger partial charge is 0.258 e. The molecule has 0 spiro atoms. The molecule has 0 heterocycles. The summed E-state index contributed by atoms with van der Waals surface area (Å²) in [5.41, 5.74) is 0.694. The number of aromatic hydroxyl groups is 1. The van der Waals surface area contributed by atoms with Gasteiger partial charge in [0.2, 0.25) is 0 Å². The minimum atomic E-state index is -1.13. The summed E-state index contributed by atoms with van der Waals surface area (Å²) < 4.78 is 26.5. The third-order valence-electron chi connectivity index (χ3n) is 3.38. The molecule has 2 rings (SSSR count). The van der Waals surface area contributed by atoms with Crippen LogP contribution in [-0.4, -0.2) is 30.5 Å². The van der Waals surface area contributed by atoms with Gasteiger partial charge in [0.15, 0.2) is 0 Å².